The zero-order chi connectivity index (χ0) is 22.4. The van der Waals surface area contributed by atoms with E-state index in [-0.39, 0.29) is 17.8 Å². The van der Waals surface area contributed by atoms with E-state index in [4.69, 9.17) is 14.2 Å². The first-order chi connectivity index (χ1) is 14.8. The van der Waals surface area contributed by atoms with Gasteiger partial charge in [0.05, 0.1) is 23.4 Å². The van der Waals surface area contributed by atoms with Crippen molar-refractivity contribution in [2.24, 2.45) is 0 Å². The number of rotatable bonds is 8. The molecule has 3 rings (SSSR count). The van der Waals surface area contributed by atoms with Crippen LogP contribution in [0.25, 0.3) is 0 Å². The van der Waals surface area contributed by atoms with Crippen LogP contribution in [0.4, 0.5) is 11.4 Å². The lowest BCUT2D eigenvalue weighted by Crippen LogP contribution is -2.04. The maximum Gasteiger partial charge on any atom is 0.309 e. The van der Waals surface area contributed by atoms with Gasteiger partial charge in [0.2, 0.25) is 0 Å². The van der Waals surface area contributed by atoms with Gasteiger partial charge in [-0.15, -0.1) is 0 Å². The van der Waals surface area contributed by atoms with Crippen LogP contribution in [0.3, 0.4) is 0 Å². The highest BCUT2D eigenvalue weighted by atomic mass is 16.6. The molecule has 10 heteroatoms. The zero-order valence-electron chi connectivity index (χ0n) is 16.2. The fourth-order valence-corrected chi connectivity index (χ4v) is 2.63. The maximum absolute atomic E-state index is 11.7. The Bertz CT molecular complexity index is 1030. The molecule has 0 bridgehead atoms. The van der Waals surface area contributed by atoms with Gasteiger partial charge in [-0.25, -0.2) is 0 Å². The van der Waals surface area contributed by atoms with Crippen molar-refractivity contribution in [3.63, 3.8) is 0 Å². The molecule has 0 saturated carbocycles. The molecule has 0 heterocycles. The molecule has 158 valence electrons. The Labute approximate surface area is 175 Å². The minimum atomic E-state index is -0.517. The molecular formula is C21H16N2O8. The van der Waals surface area contributed by atoms with Gasteiger partial charge in [0, 0.05) is 30.3 Å². The van der Waals surface area contributed by atoms with Crippen molar-refractivity contribution in [2.45, 2.75) is 6.42 Å². The fourth-order valence-electron chi connectivity index (χ4n) is 2.63. The largest absolute Gasteiger partial charge is 0.469 e. The van der Waals surface area contributed by atoms with E-state index in [1.54, 1.807) is 18.2 Å². The van der Waals surface area contributed by atoms with Gasteiger partial charge in [0.25, 0.3) is 11.4 Å². The quantitative estimate of drug-likeness (QED) is 0.286. The first-order valence-corrected chi connectivity index (χ1v) is 8.89. The number of esters is 1. The van der Waals surface area contributed by atoms with Gasteiger partial charge in [-0.05, 0) is 42.0 Å². The highest BCUT2D eigenvalue weighted by molar-refractivity contribution is 5.72. The second-order valence-electron chi connectivity index (χ2n) is 6.27. The Hall–Kier alpha value is -4.47. The summed E-state index contributed by atoms with van der Waals surface area (Å²) < 4.78 is 16.2. The average molecular weight is 424 g/mol. The number of benzene rings is 3. The molecule has 0 fully saturated rings. The van der Waals surface area contributed by atoms with E-state index in [1.807, 2.05) is 0 Å². The normalized spacial score (nSPS) is 10.2. The van der Waals surface area contributed by atoms with Crippen molar-refractivity contribution in [1.29, 1.82) is 0 Å². The molecule has 0 aliphatic rings. The smallest absolute Gasteiger partial charge is 0.309 e. The predicted molar refractivity (Wildman–Crippen MR) is 109 cm³/mol. The summed E-state index contributed by atoms with van der Waals surface area (Å²) in [6.45, 7) is 0. The monoisotopic (exact) mass is 424 g/mol. The van der Waals surface area contributed by atoms with E-state index in [9.17, 15) is 25.0 Å². The molecule has 0 amide bonds. The Balaban J connectivity index is 1.87. The minimum Gasteiger partial charge on any atom is -0.469 e. The van der Waals surface area contributed by atoms with Gasteiger partial charge in [-0.3, -0.25) is 25.0 Å². The summed E-state index contributed by atoms with van der Waals surface area (Å²) in [5.41, 5.74) is 0.395. The molecule has 0 aliphatic heterocycles. The van der Waals surface area contributed by atoms with Crippen LogP contribution >= 0.6 is 0 Å². The lowest BCUT2D eigenvalue weighted by molar-refractivity contribution is -0.385. The number of methoxy groups -OCH3 is 1. The number of non-ortho nitro benzene ring substituents is 2. The molecule has 0 radical (unpaired) electrons. The Morgan fingerprint density at radius 3 is 1.52 bits per heavy atom. The summed E-state index contributed by atoms with van der Waals surface area (Å²) in [5.74, 6) is 0.886. The topological polar surface area (TPSA) is 131 Å². The number of nitro groups is 2. The second-order valence-corrected chi connectivity index (χ2v) is 6.27. The summed E-state index contributed by atoms with van der Waals surface area (Å²) in [4.78, 5) is 32.2. The molecule has 0 spiro atoms. The first kappa shape index (κ1) is 21.2. The van der Waals surface area contributed by atoms with Crippen LogP contribution < -0.4 is 9.47 Å². The number of hydrogen-bond donors (Lipinski definition) is 0. The number of carbonyl (C=O) groups is 1. The SMILES string of the molecule is COC(=O)Cc1cc(Oc2ccc([N+](=O)[O-])cc2)cc(Oc2ccc([N+](=O)[O-])cc2)c1. The molecule has 0 unspecified atom stereocenters. The molecular weight excluding hydrogens is 408 g/mol. The number of hydrogen-bond acceptors (Lipinski definition) is 8. The molecule has 3 aromatic carbocycles. The van der Waals surface area contributed by atoms with Crippen molar-refractivity contribution in [3.8, 4) is 23.0 Å². The summed E-state index contributed by atoms with van der Waals surface area (Å²) in [6, 6.07) is 15.8. The van der Waals surface area contributed by atoms with Gasteiger partial charge >= 0.3 is 5.97 Å². The third-order valence-electron chi connectivity index (χ3n) is 4.08. The van der Waals surface area contributed by atoms with Crippen molar-refractivity contribution in [2.75, 3.05) is 7.11 Å². The Morgan fingerprint density at radius 2 is 1.16 bits per heavy atom. The third kappa shape index (κ3) is 5.76. The fraction of sp³-hybridized carbons (Fsp3) is 0.0952. The number of carbonyl (C=O) groups excluding carboxylic acids is 1. The van der Waals surface area contributed by atoms with Crippen molar-refractivity contribution >= 4 is 17.3 Å². The average Bonchev–Trinajstić information content (AvgIpc) is 2.74. The molecule has 3 aromatic rings. The van der Waals surface area contributed by atoms with E-state index >= 15 is 0 Å². The van der Waals surface area contributed by atoms with Crippen LogP contribution in [-0.2, 0) is 16.0 Å². The summed E-state index contributed by atoms with van der Waals surface area (Å²) in [6.07, 6.45) is -0.0371. The van der Waals surface area contributed by atoms with Gasteiger partial charge in [0.15, 0.2) is 0 Å². The van der Waals surface area contributed by atoms with E-state index in [0.717, 1.165) is 0 Å². The van der Waals surface area contributed by atoms with E-state index < -0.39 is 15.8 Å². The number of ether oxygens (including phenoxy) is 3. The second kappa shape index (κ2) is 9.35. The van der Waals surface area contributed by atoms with Crippen LogP contribution in [0.1, 0.15) is 5.56 Å². The lowest BCUT2D eigenvalue weighted by atomic mass is 10.1. The molecule has 0 aliphatic carbocycles. The van der Waals surface area contributed by atoms with Gasteiger partial charge in [0.1, 0.15) is 23.0 Å². The molecule has 0 saturated heterocycles. The van der Waals surface area contributed by atoms with Crippen LogP contribution in [0.2, 0.25) is 0 Å². The Kier molecular flexibility index (Phi) is 6.41. The van der Waals surface area contributed by atoms with E-state index in [0.29, 0.717) is 28.6 Å². The van der Waals surface area contributed by atoms with Crippen LogP contribution in [-0.4, -0.2) is 22.9 Å². The first-order valence-electron chi connectivity index (χ1n) is 8.89. The number of nitro benzene ring substituents is 2. The summed E-state index contributed by atoms with van der Waals surface area (Å²) in [7, 11) is 1.27. The van der Waals surface area contributed by atoms with Gasteiger partial charge < -0.3 is 14.2 Å². The van der Waals surface area contributed by atoms with E-state index in [1.165, 1.54) is 55.6 Å². The summed E-state index contributed by atoms with van der Waals surface area (Å²) >= 11 is 0. The third-order valence-corrected chi connectivity index (χ3v) is 4.08. The van der Waals surface area contributed by atoms with Gasteiger partial charge in [-0.1, -0.05) is 0 Å². The number of nitrogens with zero attached hydrogens (tertiary/aromatic N) is 2. The Morgan fingerprint density at radius 1 is 0.742 bits per heavy atom. The molecule has 0 N–H and O–H groups in total. The van der Waals surface area contributed by atoms with Crippen molar-refractivity contribution in [1.82, 2.24) is 0 Å². The molecule has 10 nitrogen and oxygen atoms in total. The summed E-state index contributed by atoms with van der Waals surface area (Å²) in [5, 5.41) is 21.6. The molecule has 0 aromatic heterocycles. The van der Waals surface area contributed by atoms with Crippen LogP contribution in [0.5, 0.6) is 23.0 Å². The van der Waals surface area contributed by atoms with Crippen molar-refractivity contribution in [3.05, 3.63) is 92.5 Å². The highest BCUT2D eigenvalue weighted by Gasteiger charge is 2.12. The highest BCUT2D eigenvalue weighted by Crippen LogP contribution is 2.32. The van der Waals surface area contributed by atoms with Crippen LogP contribution in [0, 0.1) is 20.2 Å². The standard InChI is InChI=1S/C21H16N2O8/c1-29-21(24)12-14-10-19(30-17-6-2-15(3-7-17)22(25)26)13-20(11-14)31-18-8-4-16(5-9-18)23(27)28/h2-11,13H,12H2,1H3. The lowest BCUT2D eigenvalue weighted by Gasteiger charge is -2.12. The maximum atomic E-state index is 11.7. The zero-order valence-corrected chi connectivity index (χ0v) is 16.2. The molecule has 31 heavy (non-hydrogen) atoms. The van der Waals surface area contributed by atoms with Gasteiger partial charge in [-0.2, -0.15) is 0 Å². The molecule has 0 atom stereocenters. The van der Waals surface area contributed by atoms with Crippen molar-refractivity contribution < 1.29 is 28.9 Å². The minimum absolute atomic E-state index is 0.0371. The van der Waals surface area contributed by atoms with Crippen LogP contribution in [0.15, 0.2) is 66.7 Å². The van der Waals surface area contributed by atoms with E-state index in [2.05, 4.69) is 0 Å². The predicted octanol–water partition coefficient (Wildman–Crippen LogP) is 4.80.